The summed E-state index contributed by atoms with van der Waals surface area (Å²) in [4.78, 5) is 7.22. The van der Waals surface area contributed by atoms with Gasteiger partial charge in [0.1, 0.15) is 5.82 Å². The normalized spacial score (nSPS) is 24.4. The lowest BCUT2D eigenvalue weighted by molar-refractivity contribution is 0.260. The number of nitrogens with one attached hydrogen (secondary N) is 1. The van der Waals surface area contributed by atoms with Crippen LogP contribution >= 0.6 is 11.8 Å². The third-order valence-electron chi connectivity index (χ3n) is 3.24. The topological polar surface area (TPSA) is 28.2 Å². The van der Waals surface area contributed by atoms with Gasteiger partial charge in [0.25, 0.3) is 0 Å². The van der Waals surface area contributed by atoms with Crippen molar-refractivity contribution in [2.24, 2.45) is 0 Å². The van der Waals surface area contributed by atoms with Gasteiger partial charge in [-0.15, -0.1) is 0 Å². The standard InChI is InChI=1S/C15H25N3S/c1-4-8-16-15-7-5-6-14(17-15)11-18-9-12(2)19-13(3)10-18/h5-7,12-13H,4,8-11H2,1-3H3,(H,16,17). The highest BCUT2D eigenvalue weighted by molar-refractivity contribution is 8.00. The molecule has 4 heteroatoms. The van der Waals surface area contributed by atoms with Gasteiger partial charge in [-0.3, -0.25) is 4.90 Å². The lowest BCUT2D eigenvalue weighted by Gasteiger charge is -2.34. The average Bonchev–Trinajstić information content (AvgIpc) is 2.35. The van der Waals surface area contributed by atoms with E-state index in [4.69, 9.17) is 4.98 Å². The summed E-state index contributed by atoms with van der Waals surface area (Å²) in [6.07, 6.45) is 1.13. The second-order valence-electron chi connectivity index (χ2n) is 5.39. The van der Waals surface area contributed by atoms with Gasteiger partial charge >= 0.3 is 0 Å². The molecular weight excluding hydrogens is 254 g/mol. The van der Waals surface area contributed by atoms with E-state index in [2.05, 4.69) is 60.9 Å². The molecular formula is C15H25N3S. The van der Waals surface area contributed by atoms with Crippen molar-refractivity contribution < 1.29 is 0 Å². The summed E-state index contributed by atoms with van der Waals surface area (Å²) in [5.41, 5.74) is 1.17. The van der Waals surface area contributed by atoms with Gasteiger partial charge in [0, 0.05) is 36.7 Å². The van der Waals surface area contributed by atoms with Crippen LogP contribution in [0.5, 0.6) is 0 Å². The van der Waals surface area contributed by atoms with Crippen molar-refractivity contribution in [3.63, 3.8) is 0 Å². The number of anilines is 1. The summed E-state index contributed by atoms with van der Waals surface area (Å²) < 4.78 is 0. The first-order chi connectivity index (χ1) is 9.17. The van der Waals surface area contributed by atoms with Crippen LogP contribution in [0.2, 0.25) is 0 Å². The molecule has 3 nitrogen and oxygen atoms in total. The number of hydrogen-bond acceptors (Lipinski definition) is 4. The molecule has 19 heavy (non-hydrogen) atoms. The summed E-state index contributed by atoms with van der Waals surface area (Å²) in [7, 11) is 0. The molecule has 1 N–H and O–H groups in total. The molecule has 106 valence electrons. The van der Waals surface area contributed by atoms with Crippen molar-refractivity contribution in [2.75, 3.05) is 25.0 Å². The maximum Gasteiger partial charge on any atom is 0.126 e. The second kappa shape index (κ2) is 7.15. The summed E-state index contributed by atoms with van der Waals surface area (Å²) >= 11 is 2.10. The first-order valence-corrected chi connectivity index (χ1v) is 8.19. The van der Waals surface area contributed by atoms with Crippen LogP contribution in [0.1, 0.15) is 32.9 Å². The van der Waals surface area contributed by atoms with Crippen LogP contribution in [0, 0.1) is 0 Å². The van der Waals surface area contributed by atoms with E-state index in [-0.39, 0.29) is 0 Å². The molecule has 2 rings (SSSR count). The van der Waals surface area contributed by atoms with Crippen molar-refractivity contribution in [1.29, 1.82) is 0 Å². The molecule has 0 aromatic carbocycles. The molecule has 0 saturated carbocycles. The van der Waals surface area contributed by atoms with E-state index in [1.165, 1.54) is 18.8 Å². The maximum absolute atomic E-state index is 4.69. The first kappa shape index (κ1) is 14.7. The predicted molar refractivity (Wildman–Crippen MR) is 84.8 cm³/mol. The van der Waals surface area contributed by atoms with Crippen molar-refractivity contribution in [3.8, 4) is 0 Å². The Morgan fingerprint density at radius 3 is 2.74 bits per heavy atom. The van der Waals surface area contributed by atoms with E-state index in [1.54, 1.807) is 0 Å². The Hall–Kier alpha value is -0.740. The molecule has 0 spiro atoms. The number of thioether (sulfide) groups is 1. The summed E-state index contributed by atoms with van der Waals surface area (Å²) in [6.45, 7) is 11.1. The summed E-state index contributed by atoms with van der Waals surface area (Å²) in [5, 5.41) is 4.81. The van der Waals surface area contributed by atoms with E-state index in [1.807, 2.05) is 0 Å². The van der Waals surface area contributed by atoms with E-state index in [0.29, 0.717) is 0 Å². The predicted octanol–water partition coefficient (Wildman–Crippen LogP) is 3.23. The zero-order chi connectivity index (χ0) is 13.7. The van der Waals surface area contributed by atoms with E-state index in [9.17, 15) is 0 Å². The Kier molecular flexibility index (Phi) is 5.52. The third kappa shape index (κ3) is 4.69. The lowest BCUT2D eigenvalue weighted by atomic mass is 10.2. The maximum atomic E-state index is 4.69. The molecule has 1 aromatic heterocycles. The molecule has 2 unspecified atom stereocenters. The minimum absolute atomic E-state index is 0.727. The van der Waals surface area contributed by atoms with Crippen LogP contribution in [0.25, 0.3) is 0 Å². The van der Waals surface area contributed by atoms with Crippen LogP contribution < -0.4 is 5.32 Å². The van der Waals surface area contributed by atoms with Gasteiger partial charge < -0.3 is 5.32 Å². The monoisotopic (exact) mass is 279 g/mol. The van der Waals surface area contributed by atoms with Gasteiger partial charge in [-0.1, -0.05) is 26.8 Å². The molecule has 1 aliphatic heterocycles. The molecule has 1 aliphatic rings. The number of hydrogen-bond donors (Lipinski definition) is 1. The minimum atomic E-state index is 0.727. The smallest absolute Gasteiger partial charge is 0.126 e. The molecule has 1 saturated heterocycles. The van der Waals surface area contributed by atoms with E-state index < -0.39 is 0 Å². The summed E-state index contributed by atoms with van der Waals surface area (Å²) in [6, 6.07) is 6.29. The number of rotatable bonds is 5. The highest BCUT2D eigenvalue weighted by Crippen LogP contribution is 2.25. The second-order valence-corrected chi connectivity index (χ2v) is 7.27. The Bertz CT molecular complexity index is 387. The van der Waals surface area contributed by atoms with Crippen LogP contribution in [0.15, 0.2) is 18.2 Å². The fourth-order valence-corrected chi connectivity index (χ4v) is 3.95. The zero-order valence-corrected chi connectivity index (χ0v) is 13.0. The van der Waals surface area contributed by atoms with Gasteiger partial charge in [-0.25, -0.2) is 4.98 Å². The largest absolute Gasteiger partial charge is 0.370 e. The van der Waals surface area contributed by atoms with Crippen molar-refractivity contribution in [2.45, 2.75) is 44.2 Å². The van der Waals surface area contributed by atoms with Crippen molar-refractivity contribution in [1.82, 2.24) is 9.88 Å². The fourth-order valence-electron chi connectivity index (χ4n) is 2.56. The molecule has 0 aliphatic carbocycles. The number of nitrogens with zero attached hydrogens (tertiary/aromatic N) is 2. The molecule has 0 radical (unpaired) electrons. The van der Waals surface area contributed by atoms with Gasteiger partial charge in [0.2, 0.25) is 0 Å². The number of aromatic nitrogens is 1. The quantitative estimate of drug-likeness (QED) is 0.895. The fraction of sp³-hybridized carbons (Fsp3) is 0.667. The van der Waals surface area contributed by atoms with Crippen LogP contribution in [0.4, 0.5) is 5.82 Å². The Morgan fingerprint density at radius 2 is 2.05 bits per heavy atom. The number of pyridine rings is 1. The molecule has 1 fully saturated rings. The molecule has 0 bridgehead atoms. The van der Waals surface area contributed by atoms with Gasteiger partial charge in [-0.2, -0.15) is 11.8 Å². The average molecular weight is 279 g/mol. The van der Waals surface area contributed by atoms with Crippen LogP contribution in [-0.2, 0) is 6.54 Å². The Morgan fingerprint density at radius 1 is 1.32 bits per heavy atom. The van der Waals surface area contributed by atoms with Gasteiger partial charge in [0.05, 0.1) is 5.69 Å². The molecule has 1 aromatic rings. The zero-order valence-electron chi connectivity index (χ0n) is 12.2. The van der Waals surface area contributed by atoms with Gasteiger partial charge in [-0.05, 0) is 18.6 Å². The first-order valence-electron chi connectivity index (χ1n) is 7.25. The third-order valence-corrected chi connectivity index (χ3v) is 4.47. The highest BCUT2D eigenvalue weighted by atomic mass is 32.2. The SMILES string of the molecule is CCCNc1cccc(CN2CC(C)SC(C)C2)n1. The van der Waals surface area contributed by atoms with Crippen molar-refractivity contribution in [3.05, 3.63) is 23.9 Å². The van der Waals surface area contributed by atoms with Crippen LogP contribution in [-0.4, -0.2) is 40.0 Å². The minimum Gasteiger partial charge on any atom is -0.370 e. The Balaban J connectivity index is 1.94. The van der Waals surface area contributed by atoms with Crippen LogP contribution in [0.3, 0.4) is 0 Å². The van der Waals surface area contributed by atoms with E-state index in [0.717, 1.165) is 35.8 Å². The molecule has 2 atom stereocenters. The summed E-state index contributed by atoms with van der Waals surface area (Å²) in [5.74, 6) is 1.01. The van der Waals surface area contributed by atoms with Gasteiger partial charge in [0.15, 0.2) is 0 Å². The van der Waals surface area contributed by atoms with E-state index >= 15 is 0 Å². The molecule has 0 amide bonds. The molecule has 2 heterocycles. The highest BCUT2D eigenvalue weighted by Gasteiger charge is 2.22. The Labute approximate surface area is 121 Å². The van der Waals surface area contributed by atoms with Crippen molar-refractivity contribution >= 4 is 17.6 Å². The lowest BCUT2D eigenvalue weighted by Crippen LogP contribution is -2.39.